The van der Waals surface area contributed by atoms with E-state index in [0.717, 1.165) is 26.9 Å². The molecule has 0 aliphatic carbocycles. The third-order valence-electron chi connectivity index (χ3n) is 3.72. The predicted octanol–water partition coefficient (Wildman–Crippen LogP) is 4.18. The van der Waals surface area contributed by atoms with E-state index in [4.69, 9.17) is 4.74 Å². The van der Waals surface area contributed by atoms with Crippen LogP contribution < -0.4 is 0 Å². The first-order valence-electron chi connectivity index (χ1n) is 7.79. The minimum absolute atomic E-state index is 0.391. The molecule has 3 aromatic rings. The minimum atomic E-state index is -0.391. The van der Waals surface area contributed by atoms with Crippen LogP contribution in [0.3, 0.4) is 0 Å². The fourth-order valence-electron chi connectivity index (χ4n) is 2.43. The van der Waals surface area contributed by atoms with Gasteiger partial charge in [0, 0.05) is 23.6 Å². The van der Waals surface area contributed by atoms with Crippen LogP contribution in [-0.4, -0.2) is 22.6 Å². The van der Waals surface area contributed by atoms with Gasteiger partial charge < -0.3 is 9.30 Å². The first-order chi connectivity index (χ1) is 12.2. The first-order valence-corrected chi connectivity index (χ1v) is 8.60. The maximum atomic E-state index is 11.8. The topological polar surface area (TPSA) is 44.1 Å². The van der Waals surface area contributed by atoms with E-state index >= 15 is 0 Å². The molecular formula is C20H18N2O2S. The molecule has 0 bridgehead atoms. The van der Waals surface area contributed by atoms with E-state index in [-0.39, 0.29) is 0 Å². The second-order valence-electron chi connectivity index (χ2n) is 5.35. The van der Waals surface area contributed by atoms with Crippen molar-refractivity contribution >= 4 is 23.3 Å². The molecular weight excluding hydrogens is 332 g/mol. The van der Waals surface area contributed by atoms with Crippen molar-refractivity contribution < 1.29 is 9.53 Å². The lowest BCUT2D eigenvalue weighted by atomic mass is 10.0. The highest BCUT2D eigenvalue weighted by Crippen LogP contribution is 2.30. The van der Waals surface area contributed by atoms with Gasteiger partial charge in [0.2, 0.25) is 0 Å². The number of carbonyl (C=O) groups excluding carboxylic acids is 1. The number of nitrogens with zero attached hydrogens (tertiary/aromatic N) is 2. The van der Waals surface area contributed by atoms with Crippen molar-refractivity contribution in [1.82, 2.24) is 9.55 Å². The number of hydrogen-bond donors (Lipinski definition) is 0. The normalized spacial score (nSPS) is 11.4. The number of hydrogen-bond acceptors (Lipinski definition) is 4. The molecule has 0 amide bonds. The Morgan fingerprint density at radius 1 is 1.08 bits per heavy atom. The molecule has 126 valence electrons. The van der Waals surface area contributed by atoms with Gasteiger partial charge in [0.25, 0.3) is 0 Å². The Hall–Kier alpha value is -2.79. The van der Waals surface area contributed by atoms with E-state index in [1.165, 1.54) is 13.2 Å². The molecule has 2 aromatic carbocycles. The summed E-state index contributed by atoms with van der Waals surface area (Å²) in [6, 6.07) is 19.8. The Labute approximate surface area is 151 Å². The Bertz CT molecular complexity index is 887. The SMILES string of the molecule is COC(=O)/C=C(\c1ccccc1)c1cnc(Sc2ccccc2)n1C. The van der Waals surface area contributed by atoms with Crippen LogP contribution in [0.15, 0.2) is 83.0 Å². The van der Waals surface area contributed by atoms with Gasteiger partial charge in [-0.1, -0.05) is 60.3 Å². The zero-order valence-electron chi connectivity index (χ0n) is 14.0. The number of carbonyl (C=O) groups is 1. The largest absolute Gasteiger partial charge is 0.466 e. The fraction of sp³-hybridized carbons (Fsp3) is 0.100. The zero-order chi connectivity index (χ0) is 17.6. The number of ether oxygens (including phenoxy) is 1. The maximum absolute atomic E-state index is 11.8. The fourth-order valence-corrected chi connectivity index (χ4v) is 3.28. The van der Waals surface area contributed by atoms with E-state index in [9.17, 15) is 4.79 Å². The quantitative estimate of drug-likeness (QED) is 0.511. The summed E-state index contributed by atoms with van der Waals surface area (Å²) < 4.78 is 6.80. The van der Waals surface area contributed by atoms with E-state index in [2.05, 4.69) is 4.98 Å². The first kappa shape index (κ1) is 17.0. The third kappa shape index (κ3) is 4.00. The molecule has 1 heterocycles. The van der Waals surface area contributed by atoms with Gasteiger partial charge in [-0.2, -0.15) is 0 Å². The van der Waals surface area contributed by atoms with Crippen molar-refractivity contribution in [2.75, 3.05) is 7.11 Å². The summed E-state index contributed by atoms with van der Waals surface area (Å²) in [7, 11) is 3.32. The van der Waals surface area contributed by atoms with Crippen LogP contribution in [0.4, 0.5) is 0 Å². The van der Waals surface area contributed by atoms with Crippen molar-refractivity contribution in [1.29, 1.82) is 0 Å². The molecule has 0 atom stereocenters. The molecule has 0 aliphatic heterocycles. The lowest BCUT2D eigenvalue weighted by Gasteiger charge is -2.10. The molecule has 0 unspecified atom stereocenters. The Balaban J connectivity index is 2.00. The Kier molecular flexibility index (Phi) is 5.36. The van der Waals surface area contributed by atoms with Crippen LogP contribution in [0, 0.1) is 0 Å². The van der Waals surface area contributed by atoms with Gasteiger partial charge in [0.1, 0.15) is 0 Å². The predicted molar refractivity (Wildman–Crippen MR) is 99.3 cm³/mol. The standard InChI is InChI=1S/C20H18N2O2S/c1-22-18(14-21-20(22)25-16-11-7-4-8-12-16)17(13-19(23)24-2)15-9-5-3-6-10-15/h3-14H,1-2H3/b17-13+. The van der Waals surface area contributed by atoms with Gasteiger partial charge in [0.05, 0.1) is 19.0 Å². The highest BCUT2D eigenvalue weighted by atomic mass is 32.2. The number of benzene rings is 2. The van der Waals surface area contributed by atoms with Gasteiger partial charge in [0.15, 0.2) is 5.16 Å². The average molecular weight is 350 g/mol. The number of rotatable bonds is 5. The lowest BCUT2D eigenvalue weighted by Crippen LogP contribution is -2.02. The Morgan fingerprint density at radius 3 is 2.36 bits per heavy atom. The van der Waals surface area contributed by atoms with Gasteiger partial charge >= 0.3 is 5.97 Å². The van der Waals surface area contributed by atoms with Crippen LogP contribution in [0.5, 0.6) is 0 Å². The summed E-state index contributed by atoms with van der Waals surface area (Å²) in [5, 5.41) is 0.855. The maximum Gasteiger partial charge on any atom is 0.331 e. The van der Waals surface area contributed by atoms with Crippen molar-refractivity contribution in [3.8, 4) is 0 Å². The molecule has 1 aromatic heterocycles. The average Bonchev–Trinajstić information content (AvgIpc) is 3.01. The zero-order valence-corrected chi connectivity index (χ0v) is 14.9. The van der Waals surface area contributed by atoms with Crippen molar-refractivity contribution in [3.05, 3.63) is 84.2 Å². The molecule has 0 radical (unpaired) electrons. The van der Waals surface area contributed by atoms with E-state index in [0.29, 0.717) is 0 Å². The van der Waals surface area contributed by atoms with Crippen LogP contribution in [-0.2, 0) is 16.6 Å². The molecule has 0 N–H and O–H groups in total. The molecule has 0 saturated carbocycles. The molecule has 3 rings (SSSR count). The van der Waals surface area contributed by atoms with Crippen molar-refractivity contribution in [3.63, 3.8) is 0 Å². The summed E-state index contributed by atoms with van der Waals surface area (Å²) in [6.45, 7) is 0. The van der Waals surface area contributed by atoms with E-state index < -0.39 is 5.97 Å². The summed E-state index contributed by atoms with van der Waals surface area (Å²) in [5.41, 5.74) is 2.57. The van der Waals surface area contributed by atoms with Gasteiger partial charge in [-0.15, -0.1) is 0 Å². The van der Waals surface area contributed by atoms with Gasteiger partial charge in [-0.25, -0.2) is 9.78 Å². The van der Waals surface area contributed by atoms with Crippen LogP contribution in [0.25, 0.3) is 5.57 Å². The van der Waals surface area contributed by atoms with E-state index in [1.54, 1.807) is 18.0 Å². The van der Waals surface area contributed by atoms with Crippen LogP contribution in [0.1, 0.15) is 11.3 Å². The number of aromatic nitrogens is 2. The second kappa shape index (κ2) is 7.85. The monoisotopic (exact) mass is 350 g/mol. The number of esters is 1. The minimum Gasteiger partial charge on any atom is -0.466 e. The molecule has 5 heteroatoms. The van der Waals surface area contributed by atoms with Gasteiger partial charge in [-0.05, 0) is 17.7 Å². The molecule has 0 saturated heterocycles. The highest BCUT2D eigenvalue weighted by molar-refractivity contribution is 7.99. The summed E-state index contributed by atoms with van der Waals surface area (Å²) in [6.07, 6.45) is 3.29. The number of imidazole rings is 1. The lowest BCUT2D eigenvalue weighted by molar-refractivity contribution is -0.134. The van der Waals surface area contributed by atoms with Gasteiger partial charge in [-0.3, -0.25) is 0 Å². The molecule has 0 fully saturated rings. The smallest absolute Gasteiger partial charge is 0.331 e. The molecule has 0 spiro atoms. The van der Waals surface area contributed by atoms with E-state index in [1.807, 2.05) is 72.3 Å². The van der Waals surface area contributed by atoms with Crippen molar-refractivity contribution in [2.45, 2.75) is 10.1 Å². The molecule has 4 nitrogen and oxygen atoms in total. The third-order valence-corrected chi connectivity index (χ3v) is 4.79. The summed E-state index contributed by atoms with van der Waals surface area (Å²) in [4.78, 5) is 17.5. The summed E-state index contributed by atoms with van der Waals surface area (Å²) in [5.74, 6) is -0.391. The number of methoxy groups -OCH3 is 1. The van der Waals surface area contributed by atoms with Crippen molar-refractivity contribution in [2.24, 2.45) is 7.05 Å². The molecule has 0 aliphatic rings. The second-order valence-corrected chi connectivity index (χ2v) is 6.39. The Morgan fingerprint density at radius 2 is 1.72 bits per heavy atom. The van der Waals surface area contributed by atoms with Crippen LogP contribution >= 0.6 is 11.8 Å². The highest BCUT2D eigenvalue weighted by Gasteiger charge is 2.15. The molecule has 25 heavy (non-hydrogen) atoms. The summed E-state index contributed by atoms with van der Waals surface area (Å²) >= 11 is 1.58. The van der Waals surface area contributed by atoms with Crippen LogP contribution in [0.2, 0.25) is 0 Å².